The lowest BCUT2D eigenvalue weighted by Gasteiger charge is -2.14. The molecule has 0 bridgehead atoms. The lowest BCUT2D eigenvalue weighted by Crippen LogP contribution is -2.16. The minimum Gasteiger partial charge on any atom is -0.493 e. The lowest BCUT2D eigenvalue weighted by atomic mass is 10.0. The number of methoxy groups -OCH3 is 2. The molecule has 0 saturated heterocycles. The quantitative estimate of drug-likeness (QED) is 0.615. The molecule has 152 valence electrons. The van der Waals surface area contributed by atoms with Crippen LogP contribution in [0.5, 0.6) is 11.5 Å². The van der Waals surface area contributed by atoms with Gasteiger partial charge in [0.2, 0.25) is 17.2 Å². The van der Waals surface area contributed by atoms with E-state index in [1.165, 1.54) is 7.11 Å². The number of nitrogens with one attached hydrogen (secondary N) is 1. The third-order valence-electron chi connectivity index (χ3n) is 4.80. The highest BCUT2D eigenvalue weighted by atomic mass is 16.5. The van der Waals surface area contributed by atoms with Crippen LogP contribution in [-0.4, -0.2) is 20.1 Å². The van der Waals surface area contributed by atoms with Crippen LogP contribution in [0.4, 0.5) is 5.88 Å². The third-order valence-corrected chi connectivity index (χ3v) is 4.80. The van der Waals surface area contributed by atoms with Gasteiger partial charge in [0.25, 0.3) is 0 Å². The summed E-state index contributed by atoms with van der Waals surface area (Å²) in [6.07, 6.45) is 2.02. The molecule has 0 fully saturated rings. The Balaban J connectivity index is 2.23. The summed E-state index contributed by atoms with van der Waals surface area (Å²) < 4.78 is 16.7. The first-order valence-electron chi connectivity index (χ1n) is 9.58. The van der Waals surface area contributed by atoms with Crippen LogP contribution >= 0.6 is 0 Å². The molecule has 0 unspecified atom stereocenters. The Morgan fingerprint density at radius 3 is 2.55 bits per heavy atom. The van der Waals surface area contributed by atoms with E-state index < -0.39 is 0 Å². The monoisotopic (exact) mass is 395 g/mol. The van der Waals surface area contributed by atoms with Crippen molar-refractivity contribution >= 4 is 22.8 Å². The highest BCUT2D eigenvalue weighted by Crippen LogP contribution is 2.35. The number of hydrogen-bond donors (Lipinski definition) is 1. The Labute approximate surface area is 169 Å². The average molecular weight is 395 g/mol. The van der Waals surface area contributed by atoms with Crippen LogP contribution in [-0.2, 0) is 4.79 Å². The lowest BCUT2D eigenvalue weighted by molar-refractivity contribution is -0.116. The van der Waals surface area contributed by atoms with Crippen molar-refractivity contribution in [2.75, 3.05) is 19.5 Å². The number of amides is 1. The van der Waals surface area contributed by atoms with E-state index in [1.54, 1.807) is 31.4 Å². The van der Waals surface area contributed by atoms with E-state index in [2.05, 4.69) is 5.32 Å². The highest BCUT2D eigenvalue weighted by Gasteiger charge is 2.20. The van der Waals surface area contributed by atoms with Crippen LogP contribution in [0.25, 0.3) is 22.1 Å². The molecule has 0 aliphatic rings. The maximum absolute atomic E-state index is 13.4. The van der Waals surface area contributed by atoms with Gasteiger partial charge in [0, 0.05) is 6.42 Å². The fraction of sp³-hybridized carbons (Fsp3) is 0.304. The Morgan fingerprint density at radius 1 is 1.10 bits per heavy atom. The van der Waals surface area contributed by atoms with Gasteiger partial charge in [-0.15, -0.1) is 0 Å². The minimum absolute atomic E-state index is 0.144. The van der Waals surface area contributed by atoms with Gasteiger partial charge in [-0.2, -0.15) is 0 Å². The van der Waals surface area contributed by atoms with Crippen LogP contribution < -0.4 is 20.2 Å². The molecule has 1 amide bonds. The molecular formula is C23H25NO5. The number of carbonyl (C=O) groups is 1. The van der Waals surface area contributed by atoms with E-state index in [0.29, 0.717) is 34.5 Å². The van der Waals surface area contributed by atoms with Gasteiger partial charge in [0.1, 0.15) is 5.58 Å². The van der Waals surface area contributed by atoms with Gasteiger partial charge in [-0.25, -0.2) is 0 Å². The summed E-state index contributed by atoms with van der Waals surface area (Å²) >= 11 is 0. The van der Waals surface area contributed by atoms with E-state index in [-0.39, 0.29) is 22.8 Å². The molecule has 1 heterocycles. The van der Waals surface area contributed by atoms with Gasteiger partial charge in [-0.05, 0) is 42.7 Å². The summed E-state index contributed by atoms with van der Waals surface area (Å²) in [5.41, 5.74) is 1.93. The molecule has 0 spiro atoms. The second-order valence-electron chi connectivity index (χ2n) is 6.81. The molecule has 3 aromatic rings. The second-order valence-corrected chi connectivity index (χ2v) is 6.81. The summed E-state index contributed by atoms with van der Waals surface area (Å²) in [6.45, 7) is 3.88. The number of ether oxygens (including phenoxy) is 2. The van der Waals surface area contributed by atoms with Gasteiger partial charge in [0.05, 0.1) is 25.2 Å². The first kappa shape index (κ1) is 20.5. The number of aryl methyl sites for hydroxylation is 1. The normalized spacial score (nSPS) is 10.8. The van der Waals surface area contributed by atoms with Gasteiger partial charge in [-0.1, -0.05) is 31.5 Å². The zero-order valence-corrected chi connectivity index (χ0v) is 17.1. The van der Waals surface area contributed by atoms with Gasteiger partial charge >= 0.3 is 0 Å². The largest absolute Gasteiger partial charge is 0.493 e. The van der Waals surface area contributed by atoms with Crippen molar-refractivity contribution in [2.24, 2.45) is 0 Å². The summed E-state index contributed by atoms with van der Waals surface area (Å²) in [4.78, 5) is 25.8. The Hall–Kier alpha value is -3.28. The standard InChI is InChI=1S/C23H25NO5/c1-5-6-10-19(25)24-23-20(15-11-12-17(27-3)18(13-15)28-4)21(26)16-9-7-8-14(2)22(16)29-23/h7-9,11-13H,5-6,10H2,1-4H3,(H,24,25). The Kier molecular flexibility index (Phi) is 6.22. The van der Waals surface area contributed by atoms with Crippen LogP contribution in [0.1, 0.15) is 31.7 Å². The summed E-state index contributed by atoms with van der Waals surface area (Å²) in [5.74, 6) is 0.984. The molecule has 3 rings (SSSR count). The Bertz CT molecular complexity index is 1100. The molecule has 0 radical (unpaired) electrons. The third kappa shape index (κ3) is 4.11. The predicted molar refractivity (Wildman–Crippen MR) is 114 cm³/mol. The van der Waals surface area contributed by atoms with Gasteiger partial charge in [-0.3, -0.25) is 14.9 Å². The number of hydrogen-bond acceptors (Lipinski definition) is 5. The van der Waals surface area contributed by atoms with Crippen molar-refractivity contribution in [3.8, 4) is 22.6 Å². The number of carbonyl (C=O) groups excluding carboxylic acids is 1. The Morgan fingerprint density at radius 2 is 1.86 bits per heavy atom. The smallest absolute Gasteiger partial charge is 0.226 e. The number of fused-ring (bicyclic) bond motifs is 1. The van der Waals surface area contributed by atoms with E-state index in [9.17, 15) is 9.59 Å². The molecule has 6 heteroatoms. The maximum Gasteiger partial charge on any atom is 0.226 e. The molecule has 0 atom stereocenters. The zero-order valence-electron chi connectivity index (χ0n) is 17.1. The fourth-order valence-corrected chi connectivity index (χ4v) is 3.23. The van der Waals surface area contributed by atoms with Crippen molar-refractivity contribution in [3.63, 3.8) is 0 Å². The van der Waals surface area contributed by atoms with Crippen molar-refractivity contribution in [2.45, 2.75) is 33.1 Å². The molecule has 0 aliphatic carbocycles. The van der Waals surface area contributed by atoms with E-state index in [1.807, 2.05) is 26.0 Å². The molecule has 0 saturated carbocycles. The van der Waals surface area contributed by atoms with Gasteiger partial charge in [0.15, 0.2) is 11.5 Å². The minimum atomic E-state index is -0.215. The van der Waals surface area contributed by atoms with E-state index >= 15 is 0 Å². The molecule has 6 nitrogen and oxygen atoms in total. The first-order chi connectivity index (χ1) is 14.0. The number of anilines is 1. The number of unbranched alkanes of at least 4 members (excludes halogenated alkanes) is 1. The molecule has 29 heavy (non-hydrogen) atoms. The van der Waals surface area contributed by atoms with Crippen LogP contribution in [0.2, 0.25) is 0 Å². The first-order valence-corrected chi connectivity index (χ1v) is 9.58. The van der Waals surface area contributed by atoms with Crippen molar-refractivity contribution < 1.29 is 18.7 Å². The average Bonchev–Trinajstić information content (AvgIpc) is 2.73. The van der Waals surface area contributed by atoms with Crippen LogP contribution in [0.3, 0.4) is 0 Å². The number of rotatable bonds is 7. The maximum atomic E-state index is 13.4. The SMILES string of the molecule is CCCCC(=O)Nc1oc2c(C)cccc2c(=O)c1-c1ccc(OC)c(OC)c1. The summed E-state index contributed by atoms with van der Waals surface area (Å²) in [5, 5.41) is 3.25. The number of benzene rings is 2. The van der Waals surface area contributed by atoms with Gasteiger partial charge < -0.3 is 13.9 Å². The molecular weight excluding hydrogens is 370 g/mol. The van der Waals surface area contributed by atoms with Crippen molar-refractivity contribution in [1.29, 1.82) is 0 Å². The number of para-hydroxylation sites is 1. The molecule has 1 N–H and O–H groups in total. The highest BCUT2D eigenvalue weighted by molar-refractivity contribution is 5.96. The zero-order chi connectivity index (χ0) is 21.0. The fourth-order valence-electron chi connectivity index (χ4n) is 3.23. The molecule has 2 aromatic carbocycles. The summed E-state index contributed by atoms with van der Waals surface area (Å²) in [7, 11) is 3.07. The predicted octanol–water partition coefficient (Wildman–Crippen LogP) is 4.91. The van der Waals surface area contributed by atoms with Crippen molar-refractivity contribution in [3.05, 3.63) is 52.2 Å². The molecule has 0 aliphatic heterocycles. The topological polar surface area (TPSA) is 77.8 Å². The van der Waals surface area contributed by atoms with Crippen LogP contribution in [0, 0.1) is 6.92 Å². The summed E-state index contributed by atoms with van der Waals surface area (Å²) in [6, 6.07) is 10.6. The van der Waals surface area contributed by atoms with E-state index in [0.717, 1.165) is 18.4 Å². The van der Waals surface area contributed by atoms with E-state index in [4.69, 9.17) is 13.9 Å². The van der Waals surface area contributed by atoms with Crippen molar-refractivity contribution in [1.82, 2.24) is 0 Å². The van der Waals surface area contributed by atoms with Crippen LogP contribution in [0.15, 0.2) is 45.6 Å². The molecule has 1 aromatic heterocycles. The second kappa shape index (κ2) is 8.82.